The van der Waals surface area contributed by atoms with E-state index in [0.717, 1.165) is 24.9 Å². The quantitative estimate of drug-likeness (QED) is 0.424. The van der Waals surface area contributed by atoms with E-state index in [1.165, 1.54) is 11.1 Å². The lowest BCUT2D eigenvalue weighted by Crippen LogP contribution is -2.38. The molecule has 1 unspecified atom stereocenters. The monoisotopic (exact) mass is 457 g/mol. The Morgan fingerprint density at radius 3 is 2.78 bits per heavy atom. The molecule has 11 nitrogen and oxygen atoms in total. The first-order chi connectivity index (χ1) is 15.4. The number of rotatable bonds is 6. The van der Waals surface area contributed by atoms with Crippen molar-refractivity contribution in [3.05, 3.63) is 46.2 Å². The van der Waals surface area contributed by atoms with Crippen LogP contribution in [-0.4, -0.2) is 54.4 Å². The fraction of sp³-hybridized carbons (Fsp3) is 0.400. The molecule has 0 aliphatic carbocycles. The minimum absolute atomic E-state index is 0.0615. The van der Waals surface area contributed by atoms with Crippen molar-refractivity contribution in [2.45, 2.75) is 45.7 Å². The van der Waals surface area contributed by atoms with Gasteiger partial charge in [0.15, 0.2) is 5.69 Å². The molecule has 0 saturated carbocycles. The molecule has 2 aromatic heterocycles. The molecule has 12 heteroatoms. The number of hydrazone groups is 1. The average molecular weight is 458 g/mol. The second-order valence-corrected chi connectivity index (χ2v) is 8.17. The summed E-state index contributed by atoms with van der Waals surface area (Å²) >= 11 is 5.93. The molecule has 3 aromatic rings. The second kappa shape index (κ2) is 9.45. The molecule has 1 atom stereocenters. The summed E-state index contributed by atoms with van der Waals surface area (Å²) in [4.78, 5) is 15.3. The predicted molar refractivity (Wildman–Crippen MR) is 118 cm³/mol. The number of halogens is 1. The molecular formula is C20H24ClN9O2. The Labute approximate surface area is 189 Å². The Hall–Kier alpha value is -3.31. The van der Waals surface area contributed by atoms with Gasteiger partial charge in [-0.3, -0.25) is 9.69 Å². The lowest BCUT2D eigenvalue weighted by atomic mass is 10.0. The average Bonchev–Trinajstić information content (AvgIpc) is 3.39. The zero-order valence-electron chi connectivity index (χ0n) is 17.8. The minimum atomic E-state index is -0.487. The molecule has 1 aliphatic rings. The van der Waals surface area contributed by atoms with Crippen LogP contribution < -0.4 is 11.2 Å². The van der Waals surface area contributed by atoms with Gasteiger partial charge < -0.3 is 5.73 Å². The van der Waals surface area contributed by atoms with Gasteiger partial charge in [-0.1, -0.05) is 35.4 Å². The number of piperidine rings is 1. The van der Waals surface area contributed by atoms with Gasteiger partial charge in [-0.15, -0.1) is 5.10 Å². The van der Waals surface area contributed by atoms with Crippen molar-refractivity contribution >= 4 is 29.0 Å². The number of nitrogens with two attached hydrogens (primary N) is 1. The molecule has 0 bridgehead atoms. The number of hydrogen-bond donors (Lipinski definition) is 2. The van der Waals surface area contributed by atoms with Gasteiger partial charge in [-0.2, -0.15) is 9.78 Å². The van der Waals surface area contributed by atoms with E-state index in [4.69, 9.17) is 22.0 Å². The fourth-order valence-corrected chi connectivity index (χ4v) is 3.78. The smallest absolute Gasteiger partial charge is 0.293 e. The molecule has 1 aromatic carbocycles. The third kappa shape index (κ3) is 4.63. The highest BCUT2D eigenvalue weighted by Crippen LogP contribution is 2.22. The molecule has 3 heterocycles. The highest BCUT2D eigenvalue weighted by Gasteiger charge is 2.28. The number of nitrogens with zero attached hydrogens (tertiary/aromatic N) is 7. The van der Waals surface area contributed by atoms with Gasteiger partial charge >= 0.3 is 0 Å². The van der Waals surface area contributed by atoms with Gasteiger partial charge in [0.25, 0.3) is 5.91 Å². The first kappa shape index (κ1) is 21.9. The van der Waals surface area contributed by atoms with Crippen molar-refractivity contribution in [3.63, 3.8) is 0 Å². The van der Waals surface area contributed by atoms with Crippen LogP contribution >= 0.6 is 11.6 Å². The largest absolute Gasteiger partial charge is 0.378 e. The Morgan fingerprint density at radius 2 is 2.09 bits per heavy atom. The molecule has 1 fully saturated rings. The normalized spacial score (nSPS) is 17.5. The van der Waals surface area contributed by atoms with Crippen LogP contribution in [0.15, 0.2) is 34.0 Å². The number of hydrogen-bond acceptors (Lipinski definition) is 9. The molecule has 0 spiro atoms. The Kier molecular flexibility index (Phi) is 6.47. The van der Waals surface area contributed by atoms with Crippen LogP contribution in [0.2, 0.25) is 5.02 Å². The van der Waals surface area contributed by atoms with Gasteiger partial charge in [0.05, 0.1) is 11.4 Å². The molecule has 1 amide bonds. The lowest BCUT2D eigenvalue weighted by molar-refractivity contribution is 0.0944. The summed E-state index contributed by atoms with van der Waals surface area (Å²) < 4.78 is 6.11. The number of carbonyl (C=O) groups excluding carboxylic acids is 1. The highest BCUT2D eigenvalue weighted by molar-refractivity contribution is 6.30. The van der Waals surface area contributed by atoms with Crippen molar-refractivity contribution in [2.75, 3.05) is 12.3 Å². The summed E-state index contributed by atoms with van der Waals surface area (Å²) in [5.74, 6) is -0.234. The molecule has 168 valence electrons. The van der Waals surface area contributed by atoms with Crippen molar-refractivity contribution in [1.29, 1.82) is 0 Å². The molecule has 4 rings (SSSR count). The number of aromatic nitrogens is 5. The number of nitrogen functional groups attached to an aromatic ring is 1. The van der Waals surface area contributed by atoms with Gasteiger partial charge in [-0.05, 0) is 61.2 Å². The summed E-state index contributed by atoms with van der Waals surface area (Å²) in [7, 11) is 0. The molecule has 3 N–H and O–H groups in total. The van der Waals surface area contributed by atoms with Crippen molar-refractivity contribution < 1.29 is 9.42 Å². The summed E-state index contributed by atoms with van der Waals surface area (Å²) in [5.41, 5.74) is 10.6. The van der Waals surface area contributed by atoms with Crippen LogP contribution in [-0.2, 0) is 6.54 Å². The summed E-state index contributed by atoms with van der Waals surface area (Å²) in [5, 5.41) is 20.4. The number of carbonyl (C=O) groups is 1. The lowest BCUT2D eigenvalue weighted by Gasteiger charge is -2.33. The Bertz CT molecular complexity index is 1120. The molecule has 32 heavy (non-hydrogen) atoms. The third-order valence-corrected chi connectivity index (χ3v) is 5.81. The van der Waals surface area contributed by atoms with E-state index in [1.807, 2.05) is 12.1 Å². The van der Waals surface area contributed by atoms with E-state index < -0.39 is 5.91 Å². The van der Waals surface area contributed by atoms with Crippen LogP contribution in [0, 0.1) is 0 Å². The number of anilines is 1. The van der Waals surface area contributed by atoms with E-state index in [2.05, 4.69) is 43.0 Å². The Morgan fingerprint density at radius 1 is 1.31 bits per heavy atom. The topological polar surface area (TPSA) is 140 Å². The zero-order valence-corrected chi connectivity index (χ0v) is 18.6. The van der Waals surface area contributed by atoms with E-state index in [-0.39, 0.29) is 17.3 Å². The van der Waals surface area contributed by atoms with Gasteiger partial charge in [0, 0.05) is 17.6 Å². The minimum Gasteiger partial charge on any atom is -0.378 e. The maximum Gasteiger partial charge on any atom is 0.293 e. The van der Waals surface area contributed by atoms with E-state index in [0.29, 0.717) is 29.0 Å². The first-order valence-electron chi connectivity index (χ1n) is 10.3. The first-order valence-corrected chi connectivity index (χ1v) is 10.7. The van der Waals surface area contributed by atoms with Crippen LogP contribution in [0.4, 0.5) is 5.82 Å². The SMILES string of the molecule is C/C(=N/NC(=O)c1nnn(-c2nonc2N)c1CN1CCCCC1C)c1ccc(Cl)cc1. The maximum absolute atomic E-state index is 13.0. The van der Waals surface area contributed by atoms with Crippen LogP contribution in [0.5, 0.6) is 0 Å². The van der Waals surface area contributed by atoms with E-state index >= 15 is 0 Å². The Balaban J connectivity index is 1.61. The van der Waals surface area contributed by atoms with Crippen molar-refractivity contribution in [3.8, 4) is 5.82 Å². The highest BCUT2D eigenvalue weighted by atomic mass is 35.5. The van der Waals surface area contributed by atoms with E-state index in [1.54, 1.807) is 19.1 Å². The molecule has 1 aliphatic heterocycles. The standard InChI is InChI=1S/C20H24ClN9O2/c1-12-5-3-4-10-29(12)11-16-17(24-28-30(16)19-18(22)26-32-27-19)20(31)25-23-13(2)14-6-8-15(21)9-7-14/h6-9,12H,3-5,10-11H2,1-2H3,(H2,22,26)(H,25,31)/b23-13-. The number of amides is 1. The van der Waals surface area contributed by atoms with Crippen LogP contribution in [0.1, 0.15) is 54.9 Å². The van der Waals surface area contributed by atoms with Gasteiger partial charge in [0.1, 0.15) is 0 Å². The molecular weight excluding hydrogens is 434 g/mol. The maximum atomic E-state index is 13.0. The number of nitrogens with one attached hydrogen (secondary N) is 1. The van der Waals surface area contributed by atoms with Crippen LogP contribution in [0.3, 0.4) is 0 Å². The van der Waals surface area contributed by atoms with Crippen molar-refractivity contribution in [1.82, 2.24) is 35.6 Å². The van der Waals surface area contributed by atoms with Crippen LogP contribution in [0.25, 0.3) is 5.82 Å². The third-order valence-electron chi connectivity index (χ3n) is 5.56. The molecule has 1 saturated heterocycles. The summed E-state index contributed by atoms with van der Waals surface area (Å²) in [6.45, 7) is 5.31. The van der Waals surface area contributed by atoms with Gasteiger partial charge in [-0.25, -0.2) is 10.1 Å². The zero-order chi connectivity index (χ0) is 22.7. The molecule has 0 radical (unpaired) electrons. The number of likely N-dealkylation sites (tertiary alicyclic amines) is 1. The van der Waals surface area contributed by atoms with Crippen molar-refractivity contribution in [2.24, 2.45) is 5.10 Å². The fourth-order valence-electron chi connectivity index (χ4n) is 3.66. The van der Waals surface area contributed by atoms with Gasteiger partial charge in [0.2, 0.25) is 11.6 Å². The predicted octanol–water partition coefficient (Wildman–Crippen LogP) is 2.41. The summed E-state index contributed by atoms with van der Waals surface area (Å²) in [6.07, 6.45) is 3.36. The second-order valence-electron chi connectivity index (χ2n) is 7.73. The summed E-state index contributed by atoms with van der Waals surface area (Å²) in [6, 6.07) is 7.54. The van der Waals surface area contributed by atoms with E-state index in [9.17, 15) is 4.79 Å². The number of benzene rings is 1.